The molecule has 0 aliphatic heterocycles. The Morgan fingerprint density at radius 1 is 1.16 bits per heavy atom. The van der Waals surface area contributed by atoms with Crippen LogP contribution in [-0.2, 0) is 11.3 Å². The molecule has 0 heterocycles. The number of carbonyl (C=O) groups excluding carboxylic acids is 1. The van der Waals surface area contributed by atoms with Gasteiger partial charge in [-0.15, -0.1) is 0 Å². The third-order valence-electron chi connectivity index (χ3n) is 3.88. The number of carbonyl (C=O) groups is 1. The predicted molar refractivity (Wildman–Crippen MR) is 104 cm³/mol. The number of benzene rings is 2. The van der Waals surface area contributed by atoms with E-state index in [2.05, 4.69) is 45.5 Å². The Morgan fingerprint density at radius 3 is 2.40 bits per heavy atom. The molecule has 4 nitrogen and oxygen atoms in total. The molecule has 0 saturated heterocycles. The third-order valence-corrected chi connectivity index (χ3v) is 4.37. The zero-order valence-electron chi connectivity index (χ0n) is 14.7. The number of rotatable bonds is 7. The highest BCUT2D eigenvalue weighted by Crippen LogP contribution is 2.19. The Hall–Kier alpha value is -1.92. The van der Waals surface area contributed by atoms with Crippen LogP contribution in [0.1, 0.15) is 12.5 Å². The first-order chi connectivity index (χ1) is 11.9. The Balaban J connectivity index is 1.95. The van der Waals surface area contributed by atoms with Crippen molar-refractivity contribution in [3.8, 4) is 0 Å². The topological polar surface area (TPSA) is 35.6 Å². The molecule has 0 unspecified atom stereocenters. The van der Waals surface area contributed by atoms with Crippen molar-refractivity contribution < 1.29 is 9.18 Å². The van der Waals surface area contributed by atoms with Crippen LogP contribution in [0.5, 0.6) is 0 Å². The highest BCUT2D eigenvalue weighted by atomic mass is 79.9. The van der Waals surface area contributed by atoms with Crippen molar-refractivity contribution in [3.05, 3.63) is 58.3 Å². The SMILES string of the molecule is CCN(CC(=O)Nc1ccc(Br)cc1F)Cc1ccc(N(C)C)cc1. The molecule has 1 N–H and O–H groups in total. The van der Waals surface area contributed by atoms with Crippen LogP contribution in [0.25, 0.3) is 0 Å². The molecule has 0 atom stereocenters. The van der Waals surface area contributed by atoms with Gasteiger partial charge in [0.2, 0.25) is 5.91 Å². The van der Waals surface area contributed by atoms with E-state index >= 15 is 0 Å². The lowest BCUT2D eigenvalue weighted by molar-refractivity contribution is -0.117. The average molecular weight is 408 g/mol. The summed E-state index contributed by atoms with van der Waals surface area (Å²) in [5.74, 6) is -0.682. The summed E-state index contributed by atoms with van der Waals surface area (Å²) in [5.41, 5.74) is 2.46. The van der Waals surface area contributed by atoms with Crippen LogP contribution in [0.2, 0.25) is 0 Å². The van der Waals surface area contributed by atoms with Gasteiger partial charge >= 0.3 is 0 Å². The summed E-state index contributed by atoms with van der Waals surface area (Å²) in [6.45, 7) is 3.61. The molecule has 0 aliphatic carbocycles. The minimum Gasteiger partial charge on any atom is -0.378 e. The molecule has 6 heteroatoms. The fraction of sp³-hybridized carbons (Fsp3) is 0.316. The van der Waals surface area contributed by atoms with Crippen LogP contribution in [0, 0.1) is 5.82 Å². The molecule has 0 saturated carbocycles. The summed E-state index contributed by atoms with van der Waals surface area (Å²) in [4.78, 5) is 16.3. The fourth-order valence-corrected chi connectivity index (χ4v) is 2.75. The number of likely N-dealkylation sites (N-methyl/N-ethyl adjacent to an activating group) is 1. The first-order valence-electron chi connectivity index (χ1n) is 8.12. The normalized spacial score (nSPS) is 10.8. The van der Waals surface area contributed by atoms with Crippen molar-refractivity contribution in [2.24, 2.45) is 0 Å². The predicted octanol–water partition coefficient (Wildman–Crippen LogP) is 4.11. The standard InChI is InChI=1S/C19H23BrFN3O/c1-4-24(12-14-5-8-16(9-6-14)23(2)3)13-19(25)22-18-10-7-15(20)11-17(18)21/h5-11H,4,12-13H2,1-3H3,(H,22,25). The first kappa shape index (κ1) is 19.4. The van der Waals surface area contributed by atoms with Crippen molar-refractivity contribution in [1.82, 2.24) is 4.90 Å². The number of anilines is 2. The van der Waals surface area contributed by atoms with Crippen LogP contribution in [0.3, 0.4) is 0 Å². The van der Waals surface area contributed by atoms with Gasteiger partial charge in [-0.25, -0.2) is 4.39 Å². The van der Waals surface area contributed by atoms with Gasteiger partial charge in [0.15, 0.2) is 0 Å². The first-order valence-corrected chi connectivity index (χ1v) is 8.92. The highest BCUT2D eigenvalue weighted by molar-refractivity contribution is 9.10. The monoisotopic (exact) mass is 407 g/mol. The second kappa shape index (κ2) is 8.97. The van der Waals surface area contributed by atoms with Gasteiger partial charge in [-0.1, -0.05) is 35.0 Å². The van der Waals surface area contributed by atoms with Crippen molar-refractivity contribution >= 4 is 33.2 Å². The zero-order valence-corrected chi connectivity index (χ0v) is 16.3. The van der Waals surface area contributed by atoms with E-state index in [4.69, 9.17) is 0 Å². The molecule has 0 aliphatic rings. The average Bonchev–Trinajstić information content (AvgIpc) is 2.57. The highest BCUT2D eigenvalue weighted by Gasteiger charge is 2.12. The Bertz CT molecular complexity index is 719. The van der Waals surface area contributed by atoms with E-state index in [1.54, 1.807) is 12.1 Å². The molecule has 0 bridgehead atoms. The van der Waals surface area contributed by atoms with Crippen molar-refractivity contribution in [1.29, 1.82) is 0 Å². The fourth-order valence-electron chi connectivity index (χ4n) is 2.42. The minimum absolute atomic E-state index is 0.194. The van der Waals surface area contributed by atoms with Crippen molar-refractivity contribution in [3.63, 3.8) is 0 Å². The summed E-state index contributed by atoms with van der Waals surface area (Å²) >= 11 is 3.20. The van der Waals surface area contributed by atoms with Crippen molar-refractivity contribution in [2.45, 2.75) is 13.5 Å². The van der Waals surface area contributed by atoms with E-state index in [0.717, 1.165) is 17.8 Å². The second-order valence-corrected chi connectivity index (χ2v) is 6.95. The molecule has 0 radical (unpaired) electrons. The maximum Gasteiger partial charge on any atom is 0.238 e. The summed E-state index contributed by atoms with van der Waals surface area (Å²) < 4.78 is 14.5. The van der Waals surface area contributed by atoms with Crippen LogP contribution in [0.4, 0.5) is 15.8 Å². The molecular weight excluding hydrogens is 385 g/mol. The van der Waals surface area contributed by atoms with E-state index in [-0.39, 0.29) is 18.1 Å². The number of nitrogens with zero attached hydrogens (tertiary/aromatic N) is 2. The molecule has 0 fully saturated rings. The van der Waals surface area contributed by atoms with E-state index in [1.807, 2.05) is 30.8 Å². The van der Waals surface area contributed by atoms with E-state index in [9.17, 15) is 9.18 Å². The Morgan fingerprint density at radius 2 is 1.84 bits per heavy atom. The van der Waals surface area contributed by atoms with E-state index in [0.29, 0.717) is 11.0 Å². The molecule has 0 aromatic heterocycles. The van der Waals surface area contributed by atoms with Crippen LogP contribution in [0.15, 0.2) is 46.9 Å². The molecule has 2 rings (SSSR count). The number of amides is 1. The summed E-state index contributed by atoms with van der Waals surface area (Å²) in [6, 6.07) is 12.8. The number of halogens is 2. The van der Waals surface area contributed by atoms with Crippen LogP contribution in [-0.4, -0.2) is 38.0 Å². The van der Waals surface area contributed by atoms with Crippen LogP contribution >= 0.6 is 15.9 Å². The van der Waals surface area contributed by atoms with Gasteiger partial charge < -0.3 is 10.2 Å². The smallest absolute Gasteiger partial charge is 0.238 e. The lowest BCUT2D eigenvalue weighted by Crippen LogP contribution is -2.33. The van der Waals surface area contributed by atoms with E-state index < -0.39 is 5.82 Å². The summed E-state index contributed by atoms with van der Waals surface area (Å²) in [5, 5.41) is 2.63. The maximum absolute atomic E-state index is 13.8. The molecule has 25 heavy (non-hydrogen) atoms. The van der Waals surface area contributed by atoms with Crippen molar-refractivity contribution in [2.75, 3.05) is 37.4 Å². The third kappa shape index (κ3) is 5.83. The maximum atomic E-state index is 13.8. The van der Waals surface area contributed by atoms with E-state index in [1.165, 1.54) is 6.07 Å². The molecule has 2 aromatic rings. The number of hydrogen-bond donors (Lipinski definition) is 1. The quantitative estimate of drug-likeness (QED) is 0.749. The summed E-state index contributed by atoms with van der Waals surface area (Å²) in [7, 11) is 4.00. The molecule has 0 spiro atoms. The second-order valence-electron chi connectivity index (χ2n) is 6.04. The lowest BCUT2D eigenvalue weighted by atomic mass is 10.2. The van der Waals surface area contributed by atoms with Gasteiger partial charge in [-0.3, -0.25) is 9.69 Å². The molecule has 1 amide bonds. The Kier molecular flexibility index (Phi) is 6.96. The van der Waals surface area contributed by atoms with Gasteiger partial charge in [0.1, 0.15) is 5.82 Å². The summed E-state index contributed by atoms with van der Waals surface area (Å²) in [6.07, 6.45) is 0. The lowest BCUT2D eigenvalue weighted by Gasteiger charge is -2.21. The number of nitrogens with one attached hydrogen (secondary N) is 1. The largest absolute Gasteiger partial charge is 0.378 e. The molecule has 134 valence electrons. The Labute approximate surface area is 156 Å². The van der Waals surface area contributed by atoms with Gasteiger partial charge in [0, 0.05) is 30.8 Å². The number of hydrogen-bond acceptors (Lipinski definition) is 3. The van der Waals surface area contributed by atoms with Gasteiger partial charge in [-0.2, -0.15) is 0 Å². The van der Waals surface area contributed by atoms with Gasteiger partial charge in [0.25, 0.3) is 0 Å². The molecular formula is C19H23BrFN3O. The molecule has 2 aromatic carbocycles. The van der Waals surface area contributed by atoms with Crippen LogP contribution < -0.4 is 10.2 Å². The zero-order chi connectivity index (χ0) is 18.4. The van der Waals surface area contributed by atoms with Gasteiger partial charge in [-0.05, 0) is 42.4 Å². The minimum atomic E-state index is -0.454. The van der Waals surface area contributed by atoms with Gasteiger partial charge in [0.05, 0.1) is 12.2 Å².